The second kappa shape index (κ2) is 11.2. The molecule has 1 N–H and O–H groups in total. The van der Waals surface area contributed by atoms with E-state index in [2.05, 4.69) is 21.9 Å². The van der Waals surface area contributed by atoms with Gasteiger partial charge in [0.25, 0.3) is 0 Å². The van der Waals surface area contributed by atoms with Crippen LogP contribution in [-0.2, 0) is 9.47 Å². The van der Waals surface area contributed by atoms with Gasteiger partial charge in [-0.15, -0.1) is 0 Å². The molecule has 4 aromatic rings. The van der Waals surface area contributed by atoms with E-state index in [0.717, 1.165) is 57.7 Å². The summed E-state index contributed by atoms with van der Waals surface area (Å²) in [5.74, 6) is -1.02. The minimum absolute atomic E-state index is 0.0512. The molecular formula is C30H29FN4O4. The number of rotatable bonds is 7. The maximum atomic E-state index is 15.1. The van der Waals surface area contributed by atoms with Crippen LogP contribution >= 0.6 is 0 Å². The van der Waals surface area contributed by atoms with Gasteiger partial charge in [0.1, 0.15) is 0 Å². The predicted molar refractivity (Wildman–Crippen MR) is 149 cm³/mol. The lowest BCUT2D eigenvalue weighted by Gasteiger charge is -2.26. The largest absolute Gasteiger partial charge is 0.465 e. The molecule has 39 heavy (non-hydrogen) atoms. The van der Waals surface area contributed by atoms with E-state index in [1.165, 1.54) is 19.2 Å². The van der Waals surface area contributed by atoms with Gasteiger partial charge in [0, 0.05) is 41.2 Å². The van der Waals surface area contributed by atoms with Crippen molar-refractivity contribution in [2.75, 3.05) is 20.3 Å². The summed E-state index contributed by atoms with van der Waals surface area (Å²) >= 11 is 0. The number of benzene rings is 2. The van der Waals surface area contributed by atoms with Crippen molar-refractivity contribution >= 4 is 39.9 Å². The van der Waals surface area contributed by atoms with E-state index in [9.17, 15) is 4.79 Å². The zero-order valence-electron chi connectivity index (χ0n) is 22.1. The Morgan fingerprint density at radius 3 is 2.72 bits per heavy atom. The fourth-order valence-corrected chi connectivity index (χ4v) is 4.89. The van der Waals surface area contributed by atoms with Gasteiger partial charge in [0.05, 0.1) is 30.1 Å². The molecule has 0 bridgehead atoms. The molecule has 1 fully saturated rings. The molecule has 0 amide bonds. The molecule has 0 aliphatic carbocycles. The number of carbonyl (C=O) groups excluding carboxylic acids is 1. The van der Waals surface area contributed by atoms with Crippen LogP contribution in [0.3, 0.4) is 0 Å². The normalized spacial score (nSPS) is 15.1. The quantitative estimate of drug-likeness (QED) is 0.162. The van der Waals surface area contributed by atoms with Crippen molar-refractivity contribution in [1.29, 1.82) is 0 Å². The van der Waals surface area contributed by atoms with Crippen LogP contribution < -0.4 is 4.74 Å². The molecule has 0 unspecified atom stereocenters. The number of esters is 1. The lowest BCUT2D eigenvalue weighted by molar-refractivity contribution is 0.0600. The summed E-state index contributed by atoms with van der Waals surface area (Å²) in [5.41, 5.74) is 4.40. The number of H-pyrrole nitrogens is 1. The van der Waals surface area contributed by atoms with Crippen LogP contribution in [-0.4, -0.2) is 48.2 Å². The molecule has 0 spiro atoms. The average molecular weight is 529 g/mol. The van der Waals surface area contributed by atoms with E-state index >= 15 is 4.39 Å². The first-order valence-corrected chi connectivity index (χ1v) is 12.7. The number of allylic oxidation sites excluding steroid dienone is 4. The molecule has 0 radical (unpaired) electrons. The number of hydrogen-bond donors (Lipinski definition) is 1. The summed E-state index contributed by atoms with van der Waals surface area (Å²) in [7, 11) is 1.25. The van der Waals surface area contributed by atoms with Gasteiger partial charge in [-0.3, -0.25) is 10.1 Å². The molecule has 0 saturated carbocycles. The van der Waals surface area contributed by atoms with Gasteiger partial charge in [0.15, 0.2) is 11.6 Å². The van der Waals surface area contributed by atoms with Crippen LogP contribution in [0.5, 0.6) is 11.6 Å². The number of ether oxygens (including phenoxy) is 3. The number of aliphatic imine (C=N–C) groups is 1. The number of carbonyl (C=O) groups is 1. The first kappa shape index (κ1) is 26.2. The second-order valence-corrected chi connectivity index (χ2v) is 9.35. The molecule has 1 aliphatic rings. The number of methoxy groups -OCH3 is 1. The molecule has 8 nitrogen and oxygen atoms in total. The highest BCUT2D eigenvalue weighted by Crippen LogP contribution is 2.42. The average Bonchev–Trinajstić information content (AvgIpc) is 3.43. The van der Waals surface area contributed by atoms with Crippen LogP contribution in [0, 0.1) is 5.82 Å². The summed E-state index contributed by atoms with van der Waals surface area (Å²) in [6.07, 6.45) is 7.36. The minimum Gasteiger partial charge on any atom is -0.465 e. The third-order valence-electron chi connectivity index (χ3n) is 6.94. The monoisotopic (exact) mass is 528 g/mol. The molecule has 9 heteroatoms. The van der Waals surface area contributed by atoms with Crippen LogP contribution in [0.2, 0.25) is 0 Å². The molecule has 0 atom stereocenters. The first-order chi connectivity index (χ1) is 18.9. The van der Waals surface area contributed by atoms with Crippen LogP contribution in [0.1, 0.15) is 54.2 Å². The lowest BCUT2D eigenvalue weighted by atomic mass is 9.86. The van der Waals surface area contributed by atoms with Gasteiger partial charge in [-0.25, -0.2) is 14.2 Å². The lowest BCUT2D eigenvalue weighted by Crippen LogP contribution is -2.17. The standard InChI is InChI=1S/C30H29FN4O4/c1-5-18(12-17(2)32-3)27-22-13-21-16-33-35-25(21)15-23(22)29(34-28(27)19-8-10-38-11-9-19)39-26-7-6-20(14-24(26)31)30(36)37-4/h5-7,12-16,19H,3,8-11H2,1-2,4H3,(H,33,35)/b17-12-,18-5+. The van der Waals surface area contributed by atoms with Gasteiger partial charge < -0.3 is 14.2 Å². The zero-order valence-corrected chi connectivity index (χ0v) is 22.1. The van der Waals surface area contributed by atoms with Crippen molar-refractivity contribution in [3.63, 3.8) is 0 Å². The molecule has 2 aromatic carbocycles. The van der Waals surface area contributed by atoms with E-state index in [4.69, 9.17) is 19.2 Å². The Morgan fingerprint density at radius 1 is 1.23 bits per heavy atom. The van der Waals surface area contributed by atoms with Gasteiger partial charge in [-0.05, 0) is 80.8 Å². The summed E-state index contributed by atoms with van der Waals surface area (Å²) in [6, 6.07) is 7.92. The van der Waals surface area contributed by atoms with Gasteiger partial charge in [0.2, 0.25) is 5.88 Å². The number of pyridine rings is 1. The molecule has 1 aliphatic heterocycles. The Morgan fingerprint density at radius 2 is 2.03 bits per heavy atom. The highest BCUT2D eigenvalue weighted by molar-refractivity contribution is 6.05. The summed E-state index contributed by atoms with van der Waals surface area (Å²) < 4.78 is 31.6. The Labute approximate surface area is 225 Å². The van der Waals surface area contributed by atoms with E-state index in [-0.39, 0.29) is 23.1 Å². The fraction of sp³-hybridized carbons (Fsp3) is 0.267. The predicted octanol–water partition coefficient (Wildman–Crippen LogP) is 6.73. The number of nitrogens with one attached hydrogen (secondary N) is 1. The van der Waals surface area contributed by atoms with E-state index in [1.54, 1.807) is 6.20 Å². The number of halogens is 1. The number of nitrogens with zero attached hydrogens (tertiary/aromatic N) is 3. The van der Waals surface area contributed by atoms with Crippen LogP contribution in [0.15, 0.2) is 59.4 Å². The third-order valence-corrected chi connectivity index (χ3v) is 6.94. The van der Waals surface area contributed by atoms with Crippen molar-refractivity contribution in [2.24, 2.45) is 4.99 Å². The maximum Gasteiger partial charge on any atom is 0.337 e. The van der Waals surface area contributed by atoms with Crippen molar-refractivity contribution in [3.05, 3.63) is 77.0 Å². The fourth-order valence-electron chi connectivity index (χ4n) is 4.89. The van der Waals surface area contributed by atoms with Crippen molar-refractivity contribution in [1.82, 2.24) is 15.2 Å². The van der Waals surface area contributed by atoms with Gasteiger partial charge >= 0.3 is 5.97 Å². The molecule has 5 rings (SSSR count). The van der Waals surface area contributed by atoms with E-state index in [0.29, 0.717) is 18.6 Å². The topological polar surface area (TPSA) is 98.7 Å². The highest BCUT2D eigenvalue weighted by Gasteiger charge is 2.26. The first-order valence-electron chi connectivity index (χ1n) is 12.7. The molecule has 200 valence electrons. The Bertz CT molecular complexity index is 1630. The van der Waals surface area contributed by atoms with Gasteiger partial charge in [-0.1, -0.05) is 6.08 Å². The molecule has 1 saturated heterocycles. The zero-order chi connectivity index (χ0) is 27.5. The molecule has 3 heterocycles. The van der Waals surface area contributed by atoms with E-state index in [1.807, 2.05) is 38.1 Å². The van der Waals surface area contributed by atoms with Crippen molar-refractivity contribution in [3.8, 4) is 11.6 Å². The van der Waals surface area contributed by atoms with Crippen LogP contribution in [0.25, 0.3) is 27.2 Å². The third kappa shape index (κ3) is 5.18. The van der Waals surface area contributed by atoms with Crippen molar-refractivity contribution in [2.45, 2.75) is 32.6 Å². The highest BCUT2D eigenvalue weighted by atomic mass is 19.1. The Balaban J connectivity index is 1.77. The summed E-state index contributed by atoms with van der Waals surface area (Å²) in [4.78, 5) is 21.0. The Hall–Kier alpha value is -4.37. The summed E-state index contributed by atoms with van der Waals surface area (Å²) in [5, 5.41) is 9.70. The minimum atomic E-state index is -0.697. The maximum absolute atomic E-state index is 15.1. The van der Waals surface area contributed by atoms with Gasteiger partial charge in [-0.2, -0.15) is 5.10 Å². The number of fused-ring (bicyclic) bond motifs is 2. The Kier molecular flexibility index (Phi) is 7.51. The SMILES string of the molecule is C=N/C(C)=C\C(=C/C)c1c(C2CCOCC2)nc(Oc2ccc(C(=O)OC)cc2F)c2cc3[nH]ncc3cc12. The smallest absolute Gasteiger partial charge is 0.337 e. The molecular weight excluding hydrogens is 499 g/mol. The second-order valence-electron chi connectivity index (χ2n) is 9.35. The molecule has 2 aromatic heterocycles. The van der Waals surface area contributed by atoms with E-state index < -0.39 is 11.8 Å². The number of aromatic amines is 1. The number of hydrogen-bond acceptors (Lipinski definition) is 7. The number of aromatic nitrogens is 3. The van der Waals surface area contributed by atoms with Crippen LogP contribution in [0.4, 0.5) is 4.39 Å². The summed E-state index contributed by atoms with van der Waals surface area (Å²) in [6.45, 7) is 8.78. The van der Waals surface area contributed by atoms with Crippen molar-refractivity contribution < 1.29 is 23.4 Å².